The standard InChI is InChI=1S/C18H21N7O3S/c1-29(26,27)25-8-3-2-7-13(25)17-15(19)14(11-9-20-22-18(11)21-17)10-5-4-6-12-16(10)24-28-23-12/h4-6,9,13-14H,2-3,7-8,19H2,1H3,(H2,20,21,22). The van der Waals surface area contributed by atoms with E-state index in [1.807, 2.05) is 18.2 Å². The highest BCUT2D eigenvalue weighted by Crippen LogP contribution is 2.42. The molecule has 4 N–H and O–H groups in total. The molecule has 11 heteroatoms. The highest BCUT2D eigenvalue weighted by molar-refractivity contribution is 7.88. The molecular weight excluding hydrogens is 394 g/mol. The summed E-state index contributed by atoms with van der Waals surface area (Å²) in [6.45, 7) is 0.477. The van der Waals surface area contributed by atoms with Gasteiger partial charge in [0.1, 0.15) is 16.9 Å². The van der Waals surface area contributed by atoms with Gasteiger partial charge in [-0.05, 0) is 34.8 Å². The SMILES string of the molecule is CS(=O)(=O)N1CCCCC1C1=C(N)C(c2cccc3nonc23)c2cn[nH]c2N1. The maximum absolute atomic E-state index is 12.4. The summed E-state index contributed by atoms with van der Waals surface area (Å²) in [4.78, 5) is 0. The van der Waals surface area contributed by atoms with Crippen LogP contribution in [0.1, 0.15) is 36.3 Å². The van der Waals surface area contributed by atoms with E-state index in [1.165, 1.54) is 10.6 Å². The predicted octanol–water partition coefficient (Wildman–Crippen LogP) is 1.49. The van der Waals surface area contributed by atoms with Crippen molar-refractivity contribution in [1.82, 2.24) is 24.8 Å². The minimum absolute atomic E-state index is 0.348. The van der Waals surface area contributed by atoms with Crippen molar-refractivity contribution < 1.29 is 13.0 Å². The van der Waals surface area contributed by atoms with Gasteiger partial charge in [-0.25, -0.2) is 13.0 Å². The molecule has 0 spiro atoms. The Morgan fingerprint density at radius 1 is 1.24 bits per heavy atom. The van der Waals surface area contributed by atoms with Gasteiger partial charge >= 0.3 is 0 Å². The number of nitrogens with one attached hydrogen (secondary N) is 2. The Morgan fingerprint density at radius 2 is 2.10 bits per heavy atom. The van der Waals surface area contributed by atoms with Gasteiger partial charge in [0.15, 0.2) is 0 Å². The lowest BCUT2D eigenvalue weighted by Crippen LogP contribution is -2.47. The van der Waals surface area contributed by atoms with E-state index in [-0.39, 0.29) is 12.0 Å². The molecule has 152 valence electrons. The number of hydrogen-bond donors (Lipinski definition) is 3. The molecule has 3 aromatic rings. The number of aromatic amines is 1. The van der Waals surface area contributed by atoms with Gasteiger partial charge in [0, 0.05) is 17.8 Å². The zero-order valence-electron chi connectivity index (χ0n) is 15.8. The van der Waals surface area contributed by atoms with Crippen LogP contribution in [0, 0.1) is 0 Å². The number of nitrogens with two attached hydrogens (primary N) is 1. The van der Waals surface area contributed by atoms with Crippen molar-refractivity contribution >= 4 is 26.9 Å². The predicted molar refractivity (Wildman–Crippen MR) is 106 cm³/mol. The van der Waals surface area contributed by atoms with Crippen molar-refractivity contribution in [2.24, 2.45) is 5.73 Å². The Labute approximate surface area is 167 Å². The number of hydrogen-bond acceptors (Lipinski definition) is 8. The summed E-state index contributed by atoms with van der Waals surface area (Å²) in [5.41, 5.74) is 10.9. The minimum Gasteiger partial charge on any atom is -0.400 e. The average molecular weight is 415 g/mol. The number of anilines is 1. The van der Waals surface area contributed by atoms with Gasteiger partial charge in [0.05, 0.1) is 30.1 Å². The Kier molecular flexibility index (Phi) is 4.10. The molecule has 2 aliphatic rings. The van der Waals surface area contributed by atoms with E-state index in [2.05, 4.69) is 25.8 Å². The van der Waals surface area contributed by atoms with Gasteiger partial charge in [-0.1, -0.05) is 18.6 Å². The number of nitrogens with zero attached hydrogens (tertiary/aromatic N) is 4. The fourth-order valence-electron chi connectivity index (χ4n) is 4.41. The molecular formula is C18H21N7O3S. The highest BCUT2D eigenvalue weighted by Gasteiger charge is 2.39. The summed E-state index contributed by atoms with van der Waals surface area (Å²) < 4.78 is 31.3. The lowest BCUT2D eigenvalue weighted by Gasteiger charge is -2.38. The molecule has 1 saturated heterocycles. The zero-order chi connectivity index (χ0) is 20.2. The summed E-state index contributed by atoms with van der Waals surface area (Å²) in [6, 6.07) is 5.27. The van der Waals surface area contributed by atoms with Crippen molar-refractivity contribution in [3.8, 4) is 0 Å². The van der Waals surface area contributed by atoms with Crippen LogP contribution in [0.25, 0.3) is 11.0 Å². The maximum Gasteiger partial charge on any atom is 0.211 e. The first-order chi connectivity index (χ1) is 13.9. The summed E-state index contributed by atoms with van der Waals surface area (Å²) in [6.07, 6.45) is 5.42. The van der Waals surface area contributed by atoms with Crippen molar-refractivity contribution in [1.29, 1.82) is 0 Å². The average Bonchev–Trinajstić information content (AvgIpc) is 3.36. The van der Waals surface area contributed by atoms with Crippen LogP contribution >= 0.6 is 0 Å². The molecule has 10 nitrogen and oxygen atoms in total. The molecule has 2 unspecified atom stereocenters. The molecule has 1 fully saturated rings. The van der Waals surface area contributed by atoms with Crippen LogP contribution < -0.4 is 11.1 Å². The Hall–Kier alpha value is -2.92. The third-order valence-electron chi connectivity index (χ3n) is 5.70. The number of benzene rings is 1. The summed E-state index contributed by atoms with van der Waals surface area (Å²) in [5, 5.41) is 18.4. The first-order valence-electron chi connectivity index (χ1n) is 9.43. The first kappa shape index (κ1) is 18.1. The van der Waals surface area contributed by atoms with Crippen LogP contribution in [-0.4, -0.2) is 52.1 Å². The normalized spacial score (nSPS) is 23.2. The Bertz CT molecular complexity index is 1210. The second kappa shape index (κ2) is 6.56. The van der Waals surface area contributed by atoms with E-state index >= 15 is 0 Å². The van der Waals surface area contributed by atoms with Crippen LogP contribution in [0.4, 0.5) is 5.82 Å². The van der Waals surface area contributed by atoms with Gasteiger partial charge in [-0.15, -0.1) is 0 Å². The van der Waals surface area contributed by atoms with Crippen molar-refractivity contribution in [3.05, 3.63) is 46.9 Å². The quantitative estimate of drug-likeness (QED) is 0.584. The van der Waals surface area contributed by atoms with Crippen molar-refractivity contribution in [2.75, 3.05) is 18.1 Å². The van der Waals surface area contributed by atoms with E-state index in [9.17, 15) is 8.42 Å². The number of sulfonamides is 1. The van der Waals surface area contributed by atoms with Gasteiger partial charge in [-0.2, -0.15) is 9.40 Å². The number of rotatable bonds is 3. The third-order valence-corrected chi connectivity index (χ3v) is 6.99. The molecule has 0 saturated carbocycles. The van der Waals surface area contributed by atoms with Gasteiger partial charge < -0.3 is 11.1 Å². The molecule has 0 radical (unpaired) electrons. The van der Waals surface area contributed by atoms with Gasteiger partial charge in [-0.3, -0.25) is 5.10 Å². The first-order valence-corrected chi connectivity index (χ1v) is 11.3. The molecule has 1 aromatic carbocycles. The molecule has 2 atom stereocenters. The molecule has 2 aliphatic heterocycles. The molecule has 0 amide bonds. The smallest absolute Gasteiger partial charge is 0.211 e. The molecule has 0 bridgehead atoms. The number of H-pyrrole nitrogens is 1. The van der Waals surface area contributed by atoms with Crippen LogP contribution in [0.3, 0.4) is 0 Å². The molecule has 4 heterocycles. The lowest BCUT2D eigenvalue weighted by molar-refractivity contribution is 0.282. The van der Waals surface area contributed by atoms with E-state index in [1.54, 1.807) is 6.20 Å². The molecule has 2 aromatic heterocycles. The largest absolute Gasteiger partial charge is 0.400 e. The van der Waals surface area contributed by atoms with Gasteiger partial charge in [0.2, 0.25) is 10.0 Å². The van der Waals surface area contributed by atoms with Crippen LogP contribution in [0.2, 0.25) is 0 Å². The fraction of sp³-hybridized carbons (Fsp3) is 0.389. The highest BCUT2D eigenvalue weighted by atomic mass is 32.2. The van der Waals surface area contributed by atoms with E-state index in [0.717, 1.165) is 24.0 Å². The van der Waals surface area contributed by atoms with Crippen molar-refractivity contribution in [2.45, 2.75) is 31.2 Å². The van der Waals surface area contributed by atoms with E-state index < -0.39 is 10.0 Å². The second-order valence-electron chi connectivity index (χ2n) is 7.49. The minimum atomic E-state index is -3.38. The van der Waals surface area contributed by atoms with Crippen LogP contribution in [0.15, 0.2) is 40.4 Å². The number of allylic oxidation sites excluding steroid dienone is 1. The van der Waals surface area contributed by atoms with Crippen molar-refractivity contribution in [3.63, 3.8) is 0 Å². The lowest BCUT2D eigenvalue weighted by atomic mass is 9.84. The molecule has 5 rings (SSSR count). The van der Waals surface area contributed by atoms with E-state index in [4.69, 9.17) is 10.4 Å². The Morgan fingerprint density at radius 3 is 2.93 bits per heavy atom. The number of aromatic nitrogens is 4. The summed E-state index contributed by atoms with van der Waals surface area (Å²) in [7, 11) is -3.38. The molecule has 0 aliphatic carbocycles. The number of fused-ring (bicyclic) bond motifs is 2. The fourth-order valence-corrected chi connectivity index (χ4v) is 5.54. The van der Waals surface area contributed by atoms with Crippen LogP contribution in [0.5, 0.6) is 0 Å². The maximum atomic E-state index is 12.4. The Balaban J connectivity index is 1.69. The third kappa shape index (κ3) is 2.88. The summed E-state index contributed by atoms with van der Waals surface area (Å²) in [5.74, 6) is 0.352. The summed E-state index contributed by atoms with van der Waals surface area (Å²) >= 11 is 0. The van der Waals surface area contributed by atoms with E-state index in [0.29, 0.717) is 41.2 Å². The zero-order valence-corrected chi connectivity index (χ0v) is 16.6. The topological polar surface area (TPSA) is 143 Å². The van der Waals surface area contributed by atoms with Crippen LogP contribution in [-0.2, 0) is 10.0 Å². The van der Waals surface area contributed by atoms with Gasteiger partial charge in [0.25, 0.3) is 0 Å². The second-order valence-corrected chi connectivity index (χ2v) is 9.43. The number of piperidine rings is 1. The molecule has 29 heavy (non-hydrogen) atoms. The monoisotopic (exact) mass is 415 g/mol.